The van der Waals surface area contributed by atoms with Gasteiger partial charge in [0.15, 0.2) is 0 Å². The number of aryl methyl sites for hydroxylation is 2. The Morgan fingerprint density at radius 3 is 2.11 bits per heavy atom. The van der Waals surface area contributed by atoms with Gasteiger partial charge in [-0.05, 0) is 31.0 Å². The van der Waals surface area contributed by atoms with E-state index in [1.165, 1.54) is 0 Å². The largest absolute Gasteiger partial charge is 0.508 e. The smallest absolute Gasteiger partial charge is 0.120 e. The van der Waals surface area contributed by atoms with Gasteiger partial charge >= 0.3 is 0 Å². The van der Waals surface area contributed by atoms with E-state index in [9.17, 15) is 5.11 Å². The molecule has 0 fully saturated rings. The highest BCUT2D eigenvalue weighted by atomic mass is 16.3. The number of hydrogen-bond acceptors (Lipinski definition) is 4. The molecule has 0 spiro atoms. The molecule has 0 saturated carbocycles. The molecule has 0 bridgehead atoms. The summed E-state index contributed by atoms with van der Waals surface area (Å²) in [4.78, 5) is 2.02. The summed E-state index contributed by atoms with van der Waals surface area (Å²) in [6, 6.07) is 7.95. The fraction of sp³-hybridized carbons (Fsp3) is 0.467. The number of phenols is 1. The van der Waals surface area contributed by atoms with Crippen molar-refractivity contribution in [3.63, 3.8) is 0 Å². The zero-order chi connectivity index (χ0) is 14.3. The van der Waals surface area contributed by atoms with Gasteiger partial charge in [-0.2, -0.15) is 10.5 Å². The van der Waals surface area contributed by atoms with Gasteiger partial charge in [-0.1, -0.05) is 6.07 Å². The van der Waals surface area contributed by atoms with Crippen LogP contribution < -0.4 is 0 Å². The minimum Gasteiger partial charge on any atom is -0.508 e. The molecule has 0 saturated heterocycles. The van der Waals surface area contributed by atoms with Crippen molar-refractivity contribution in [2.24, 2.45) is 0 Å². The molecule has 0 atom stereocenters. The fourth-order valence-electron chi connectivity index (χ4n) is 1.91. The summed E-state index contributed by atoms with van der Waals surface area (Å²) in [5, 5.41) is 27.3. The maximum atomic E-state index is 9.96. The first-order valence-corrected chi connectivity index (χ1v) is 6.33. The molecule has 0 aliphatic heterocycles. The van der Waals surface area contributed by atoms with Gasteiger partial charge in [-0.25, -0.2) is 0 Å². The lowest BCUT2D eigenvalue weighted by atomic mass is 10.0. The topological polar surface area (TPSA) is 71.0 Å². The van der Waals surface area contributed by atoms with Gasteiger partial charge < -0.3 is 5.11 Å². The van der Waals surface area contributed by atoms with Crippen molar-refractivity contribution in [2.45, 2.75) is 33.2 Å². The van der Waals surface area contributed by atoms with Crippen LogP contribution in [-0.4, -0.2) is 23.1 Å². The lowest BCUT2D eigenvalue weighted by molar-refractivity contribution is 0.273. The molecule has 4 heteroatoms. The maximum absolute atomic E-state index is 9.96. The zero-order valence-corrected chi connectivity index (χ0v) is 11.5. The van der Waals surface area contributed by atoms with Crippen LogP contribution >= 0.6 is 0 Å². The molecule has 19 heavy (non-hydrogen) atoms. The van der Waals surface area contributed by atoms with Crippen molar-refractivity contribution < 1.29 is 5.11 Å². The van der Waals surface area contributed by atoms with Gasteiger partial charge in [-0.3, -0.25) is 4.90 Å². The van der Waals surface area contributed by atoms with E-state index in [2.05, 4.69) is 12.1 Å². The molecule has 1 aromatic carbocycles. The normalized spacial score (nSPS) is 10.2. The van der Waals surface area contributed by atoms with Crippen molar-refractivity contribution in [3.8, 4) is 17.9 Å². The molecular formula is C15H19N3O. The number of phenolic OH excluding ortho intramolecular Hbond substituents is 1. The van der Waals surface area contributed by atoms with E-state index in [0.29, 0.717) is 32.5 Å². The quantitative estimate of drug-likeness (QED) is 0.850. The first-order chi connectivity index (χ1) is 9.08. The Morgan fingerprint density at radius 1 is 1.05 bits per heavy atom. The van der Waals surface area contributed by atoms with Crippen molar-refractivity contribution in [1.82, 2.24) is 4.90 Å². The summed E-state index contributed by atoms with van der Waals surface area (Å²) >= 11 is 0. The molecule has 0 aliphatic rings. The Bertz CT molecular complexity index is 493. The number of hydrogen-bond donors (Lipinski definition) is 1. The predicted octanol–water partition coefficient (Wildman–Crippen LogP) is 2.64. The fourth-order valence-corrected chi connectivity index (χ4v) is 1.91. The summed E-state index contributed by atoms with van der Waals surface area (Å²) in [5.74, 6) is 0.280. The summed E-state index contributed by atoms with van der Waals surface area (Å²) < 4.78 is 0. The molecule has 1 rings (SSSR count). The average molecular weight is 257 g/mol. The van der Waals surface area contributed by atoms with E-state index in [-0.39, 0.29) is 5.75 Å². The number of nitrogens with zero attached hydrogens (tertiary/aromatic N) is 3. The van der Waals surface area contributed by atoms with Gasteiger partial charge in [0, 0.05) is 38.0 Å². The molecule has 0 unspecified atom stereocenters. The van der Waals surface area contributed by atoms with Crippen LogP contribution in [0.1, 0.15) is 29.5 Å². The third-order valence-electron chi connectivity index (χ3n) is 3.17. The standard InChI is InChI=1S/C15H19N3O/c1-12-9-14(15(19)10-13(12)2)11-18(7-3-5-16)8-4-6-17/h9-10,19H,3-4,7-8,11H2,1-2H3. The van der Waals surface area contributed by atoms with Crippen LogP contribution in [0.4, 0.5) is 0 Å². The molecule has 1 aromatic rings. The Labute approximate surface area is 114 Å². The summed E-state index contributed by atoms with van der Waals surface area (Å²) in [7, 11) is 0. The third kappa shape index (κ3) is 4.62. The van der Waals surface area contributed by atoms with Crippen molar-refractivity contribution >= 4 is 0 Å². The summed E-state index contributed by atoms with van der Waals surface area (Å²) in [6.07, 6.45) is 0.855. The van der Waals surface area contributed by atoms with Crippen LogP contribution in [0.25, 0.3) is 0 Å². The molecule has 0 aromatic heterocycles. The van der Waals surface area contributed by atoms with E-state index < -0.39 is 0 Å². The maximum Gasteiger partial charge on any atom is 0.120 e. The van der Waals surface area contributed by atoms with Crippen molar-refractivity contribution in [1.29, 1.82) is 10.5 Å². The number of aromatic hydroxyl groups is 1. The lowest BCUT2D eigenvalue weighted by Gasteiger charge is -2.21. The Kier molecular flexibility index (Phi) is 5.85. The van der Waals surface area contributed by atoms with Crippen molar-refractivity contribution in [2.75, 3.05) is 13.1 Å². The third-order valence-corrected chi connectivity index (χ3v) is 3.17. The number of benzene rings is 1. The molecule has 0 radical (unpaired) electrons. The minimum atomic E-state index is 0.280. The van der Waals surface area contributed by atoms with Gasteiger partial charge in [0.1, 0.15) is 5.75 Å². The second-order valence-electron chi connectivity index (χ2n) is 4.66. The second-order valence-corrected chi connectivity index (χ2v) is 4.66. The Morgan fingerprint density at radius 2 is 1.58 bits per heavy atom. The molecule has 0 amide bonds. The minimum absolute atomic E-state index is 0.280. The van der Waals surface area contributed by atoms with Crippen LogP contribution in [-0.2, 0) is 6.54 Å². The highest BCUT2D eigenvalue weighted by Crippen LogP contribution is 2.23. The Balaban J connectivity index is 2.80. The second kappa shape index (κ2) is 7.41. The summed E-state index contributed by atoms with van der Waals surface area (Å²) in [5.41, 5.74) is 3.04. The van der Waals surface area contributed by atoms with Gasteiger partial charge in [0.25, 0.3) is 0 Å². The monoisotopic (exact) mass is 257 g/mol. The molecular weight excluding hydrogens is 238 g/mol. The van der Waals surface area contributed by atoms with E-state index in [1.54, 1.807) is 6.07 Å². The predicted molar refractivity (Wildman–Crippen MR) is 73.3 cm³/mol. The van der Waals surface area contributed by atoms with Crippen molar-refractivity contribution in [3.05, 3.63) is 28.8 Å². The first kappa shape index (κ1) is 15.0. The van der Waals surface area contributed by atoms with Gasteiger partial charge in [-0.15, -0.1) is 0 Å². The number of nitriles is 2. The molecule has 0 heterocycles. The molecule has 100 valence electrons. The highest BCUT2D eigenvalue weighted by molar-refractivity contribution is 5.40. The van der Waals surface area contributed by atoms with Crippen LogP contribution in [0, 0.1) is 36.5 Å². The Hall–Kier alpha value is -2.04. The molecule has 0 aliphatic carbocycles. The molecule has 1 N–H and O–H groups in total. The molecule has 4 nitrogen and oxygen atoms in total. The number of rotatable bonds is 6. The van der Waals surface area contributed by atoms with Crippen LogP contribution in [0.5, 0.6) is 5.75 Å². The van der Waals surface area contributed by atoms with Crippen LogP contribution in [0.3, 0.4) is 0 Å². The van der Waals surface area contributed by atoms with E-state index in [4.69, 9.17) is 10.5 Å². The first-order valence-electron chi connectivity index (χ1n) is 6.33. The lowest BCUT2D eigenvalue weighted by Crippen LogP contribution is -2.25. The van der Waals surface area contributed by atoms with Crippen LogP contribution in [0.15, 0.2) is 12.1 Å². The van der Waals surface area contributed by atoms with Crippen LogP contribution in [0.2, 0.25) is 0 Å². The highest BCUT2D eigenvalue weighted by Gasteiger charge is 2.10. The zero-order valence-electron chi connectivity index (χ0n) is 11.5. The van der Waals surface area contributed by atoms with E-state index >= 15 is 0 Å². The van der Waals surface area contributed by atoms with Gasteiger partial charge in [0.05, 0.1) is 12.1 Å². The summed E-state index contributed by atoms with van der Waals surface area (Å²) in [6.45, 7) is 5.76. The van der Waals surface area contributed by atoms with E-state index in [1.807, 2.05) is 24.8 Å². The van der Waals surface area contributed by atoms with E-state index in [0.717, 1.165) is 16.7 Å². The average Bonchev–Trinajstić information content (AvgIpc) is 2.38. The van der Waals surface area contributed by atoms with Gasteiger partial charge in [0.2, 0.25) is 0 Å². The SMILES string of the molecule is Cc1cc(O)c(CN(CCC#N)CCC#N)cc1C.